The van der Waals surface area contributed by atoms with Crippen LogP contribution in [0.3, 0.4) is 0 Å². The normalized spacial score (nSPS) is 12.1. The van der Waals surface area contributed by atoms with E-state index in [4.69, 9.17) is 4.74 Å². The first-order valence-corrected chi connectivity index (χ1v) is 6.63. The van der Waals surface area contributed by atoms with Gasteiger partial charge in [0.05, 0.1) is 6.61 Å². The molecule has 2 rings (SSSR count). The molecule has 0 radical (unpaired) electrons. The third-order valence-electron chi connectivity index (χ3n) is 3.24. The first-order valence-electron chi connectivity index (χ1n) is 6.63. The summed E-state index contributed by atoms with van der Waals surface area (Å²) in [5, 5.41) is 0. The Morgan fingerprint density at radius 2 is 1.50 bits per heavy atom. The summed E-state index contributed by atoms with van der Waals surface area (Å²) in [5.74, 6) is 1.55. The number of hydrogen-bond donors (Lipinski definition) is 0. The predicted molar refractivity (Wildman–Crippen MR) is 76.0 cm³/mol. The molecule has 0 heterocycles. The van der Waals surface area contributed by atoms with Gasteiger partial charge in [0.2, 0.25) is 0 Å². The van der Waals surface area contributed by atoms with E-state index in [2.05, 4.69) is 37.3 Å². The second-order valence-corrected chi connectivity index (χ2v) is 4.47. The highest BCUT2D eigenvalue weighted by molar-refractivity contribution is 5.21. The molecular formula is C17H20O. The van der Waals surface area contributed by atoms with Crippen molar-refractivity contribution in [2.75, 3.05) is 6.61 Å². The van der Waals surface area contributed by atoms with Crippen LogP contribution in [-0.2, 0) is 0 Å². The summed E-state index contributed by atoms with van der Waals surface area (Å²) in [7, 11) is 0. The molecule has 0 N–H and O–H groups in total. The molecule has 0 aliphatic heterocycles. The average molecular weight is 240 g/mol. The van der Waals surface area contributed by atoms with Crippen molar-refractivity contribution in [3.63, 3.8) is 0 Å². The summed E-state index contributed by atoms with van der Waals surface area (Å²) in [4.78, 5) is 0. The largest absolute Gasteiger partial charge is 0.494 e. The van der Waals surface area contributed by atoms with Gasteiger partial charge in [-0.3, -0.25) is 0 Å². The second-order valence-electron chi connectivity index (χ2n) is 4.47. The molecule has 0 aliphatic carbocycles. The average Bonchev–Trinajstić information content (AvgIpc) is 2.46. The van der Waals surface area contributed by atoms with Gasteiger partial charge in [-0.15, -0.1) is 0 Å². The quantitative estimate of drug-likeness (QED) is 0.714. The molecule has 94 valence electrons. The maximum absolute atomic E-state index is 5.76. The van der Waals surface area contributed by atoms with Crippen LogP contribution in [0.5, 0.6) is 5.75 Å². The lowest BCUT2D eigenvalue weighted by Gasteiger charge is -2.15. The van der Waals surface area contributed by atoms with Gasteiger partial charge >= 0.3 is 0 Å². The van der Waals surface area contributed by atoms with Crippen LogP contribution in [0, 0.1) is 0 Å². The fraction of sp³-hybridized carbons (Fsp3) is 0.294. The molecule has 1 heteroatoms. The van der Waals surface area contributed by atoms with Crippen molar-refractivity contribution < 1.29 is 4.74 Å². The summed E-state index contributed by atoms with van der Waals surface area (Å²) < 4.78 is 5.76. The molecule has 1 unspecified atom stereocenters. The van der Waals surface area contributed by atoms with Crippen LogP contribution in [0.15, 0.2) is 60.7 Å². The summed E-state index contributed by atoms with van der Waals surface area (Å²) in [6.45, 7) is 3.01. The number of hydrogen-bond acceptors (Lipinski definition) is 1. The van der Waals surface area contributed by atoms with E-state index < -0.39 is 0 Å². The fourth-order valence-corrected chi connectivity index (χ4v) is 2.17. The molecule has 0 saturated heterocycles. The smallest absolute Gasteiger partial charge is 0.119 e. The third kappa shape index (κ3) is 3.63. The van der Waals surface area contributed by atoms with Crippen LogP contribution in [-0.4, -0.2) is 6.61 Å². The second kappa shape index (κ2) is 6.85. The Hall–Kier alpha value is -1.76. The maximum Gasteiger partial charge on any atom is 0.119 e. The zero-order valence-corrected chi connectivity index (χ0v) is 10.9. The first-order chi connectivity index (χ1) is 8.90. The van der Waals surface area contributed by atoms with E-state index in [-0.39, 0.29) is 0 Å². The lowest BCUT2D eigenvalue weighted by molar-refractivity contribution is 0.296. The Kier molecular flexibility index (Phi) is 4.83. The van der Waals surface area contributed by atoms with Crippen LogP contribution in [0.25, 0.3) is 0 Å². The molecule has 18 heavy (non-hydrogen) atoms. The lowest BCUT2D eigenvalue weighted by Crippen LogP contribution is -2.05. The molecule has 0 aromatic heterocycles. The fourth-order valence-electron chi connectivity index (χ4n) is 2.17. The Balaban J connectivity index is 1.85. The van der Waals surface area contributed by atoms with Crippen molar-refractivity contribution in [1.82, 2.24) is 0 Å². The number of rotatable bonds is 6. The Morgan fingerprint density at radius 3 is 2.11 bits per heavy atom. The van der Waals surface area contributed by atoms with Gasteiger partial charge in [-0.25, -0.2) is 0 Å². The maximum atomic E-state index is 5.76. The van der Waals surface area contributed by atoms with E-state index in [1.165, 1.54) is 5.56 Å². The summed E-state index contributed by atoms with van der Waals surface area (Å²) in [5.41, 5.74) is 1.41. The van der Waals surface area contributed by atoms with E-state index in [9.17, 15) is 0 Å². The van der Waals surface area contributed by atoms with Crippen molar-refractivity contribution >= 4 is 0 Å². The Labute approximate surface area is 109 Å². The molecule has 0 bridgehead atoms. The van der Waals surface area contributed by atoms with E-state index in [0.717, 1.165) is 25.2 Å². The summed E-state index contributed by atoms with van der Waals surface area (Å²) in [6, 6.07) is 20.7. The van der Waals surface area contributed by atoms with Gasteiger partial charge in [0.25, 0.3) is 0 Å². The molecule has 0 spiro atoms. The van der Waals surface area contributed by atoms with Gasteiger partial charge in [0, 0.05) is 0 Å². The van der Waals surface area contributed by atoms with E-state index >= 15 is 0 Å². The molecule has 0 fully saturated rings. The van der Waals surface area contributed by atoms with Gasteiger partial charge in [-0.1, -0.05) is 55.5 Å². The summed E-state index contributed by atoms with van der Waals surface area (Å²) in [6.07, 6.45) is 2.22. The van der Waals surface area contributed by atoms with E-state index in [0.29, 0.717) is 5.92 Å². The highest BCUT2D eigenvalue weighted by atomic mass is 16.5. The van der Waals surface area contributed by atoms with Crippen LogP contribution in [0.2, 0.25) is 0 Å². The minimum atomic E-state index is 0.593. The molecule has 1 nitrogen and oxygen atoms in total. The van der Waals surface area contributed by atoms with Crippen molar-refractivity contribution in [2.45, 2.75) is 25.7 Å². The van der Waals surface area contributed by atoms with Crippen molar-refractivity contribution in [2.24, 2.45) is 0 Å². The van der Waals surface area contributed by atoms with Gasteiger partial charge in [-0.2, -0.15) is 0 Å². The van der Waals surface area contributed by atoms with Crippen molar-refractivity contribution in [3.8, 4) is 5.75 Å². The molecule has 2 aromatic carbocycles. The number of benzene rings is 2. The Bertz CT molecular complexity index is 436. The van der Waals surface area contributed by atoms with Gasteiger partial charge < -0.3 is 4.74 Å². The molecule has 1 atom stereocenters. The van der Waals surface area contributed by atoms with Gasteiger partial charge in [0.15, 0.2) is 0 Å². The first kappa shape index (κ1) is 12.7. The zero-order valence-electron chi connectivity index (χ0n) is 10.9. The molecule has 2 aromatic rings. The molecule has 0 amide bonds. The molecule has 0 saturated carbocycles. The SMILES string of the molecule is CCC(CCOc1ccccc1)c1ccccc1. The van der Waals surface area contributed by atoms with Crippen LogP contribution >= 0.6 is 0 Å². The predicted octanol–water partition coefficient (Wildman–Crippen LogP) is 4.65. The van der Waals surface area contributed by atoms with Crippen LogP contribution < -0.4 is 4.74 Å². The van der Waals surface area contributed by atoms with Crippen LogP contribution in [0.1, 0.15) is 31.2 Å². The third-order valence-corrected chi connectivity index (χ3v) is 3.24. The molecular weight excluding hydrogens is 220 g/mol. The van der Waals surface area contributed by atoms with E-state index in [1.54, 1.807) is 0 Å². The van der Waals surface area contributed by atoms with Crippen molar-refractivity contribution in [1.29, 1.82) is 0 Å². The monoisotopic (exact) mass is 240 g/mol. The lowest BCUT2D eigenvalue weighted by atomic mass is 9.94. The highest BCUT2D eigenvalue weighted by Crippen LogP contribution is 2.23. The van der Waals surface area contributed by atoms with Gasteiger partial charge in [-0.05, 0) is 36.5 Å². The number of para-hydroxylation sites is 1. The number of ether oxygens (including phenoxy) is 1. The minimum absolute atomic E-state index is 0.593. The zero-order chi connectivity index (χ0) is 12.6. The van der Waals surface area contributed by atoms with Gasteiger partial charge in [0.1, 0.15) is 5.75 Å². The van der Waals surface area contributed by atoms with Crippen LogP contribution in [0.4, 0.5) is 0 Å². The van der Waals surface area contributed by atoms with Crippen molar-refractivity contribution in [3.05, 3.63) is 66.2 Å². The standard InChI is InChI=1S/C17H20O/c1-2-15(16-9-5-3-6-10-16)13-14-18-17-11-7-4-8-12-17/h3-12,15H,2,13-14H2,1H3. The topological polar surface area (TPSA) is 9.23 Å². The van der Waals surface area contributed by atoms with E-state index in [1.807, 2.05) is 30.3 Å². The highest BCUT2D eigenvalue weighted by Gasteiger charge is 2.08. The summed E-state index contributed by atoms with van der Waals surface area (Å²) >= 11 is 0. The Morgan fingerprint density at radius 1 is 0.889 bits per heavy atom. The minimum Gasteiger partial charge on any atom is -0.494 e. The molecule has 0 aliphatic rings.